The average Bonchev–Trinajstić information content (AvgIpc) is 2.93. The third-order valence-corrected chi connectivity index (χ3v) is 5.54. The van der Waals surface area contributed by atoms with Gasteiger partial charge in [-0.2, -0.15) is 0 Å². The van der Waals surface area contributed by atoms with Crippen LogP contribution in [-0.2, 0) is 16.1 Å². The SMILES string of the molecule is COCCN1C(=O)C(=Cc2ccccc2OCc2ccc(Cl)cc2)SC1=S. The highest BCUT2D eigenvalue weighted by Crippen LogP contribution is 2.34. The molecule has 1 heterocycles. The number of benzene rings is 2. The monoisotopic (exact) mass is 419 g/mol. The molecule has 27 heavy (non-hydrogen) atoms. The average molecular weight is 420 g/mol. The number of rotatable bonds is 7. The number of ether oxygens (including phenoxy) is 2. The normalized spacial score (nSPS) is 15.6. The molecule has 1 fully saturated rings. The number of hydrogen-bond acceptors (Lipinski definition) is 5. The molecule has 3 rings (SSSR count). The summed E-state index contributed by atoms with van der Waals surface area (Å²) < 4.78 is 11.5. The summed E-state index contributed by atoms with van der Waals surface area (Å²) in [5.74, 6) is 0.601. The molecule has 0 aliphatic carbocycles. The number of thioether (sulfide) groups is 1. The molecule has 2 aromatic carbocycles. The van der Waals surface area contributed by atoms with Gasteiger partial charge in [0.05, 0.1) is 18.1 Å². The molecule has 0 bridgehead atoms. The molecule has 1 aliphatic rings. The standard InChI is InChI=1S/C20H18ClNO3S2/c1-24-11-10-22-19(23)18(27-20(22)26)12-15-4-2-3-5-17(15)25-13-14-6-8-16(21)9-7-14/h2-9,12H,10-11,13H2,1H3. The fourth-order valence-electron chi connectivity index (χ4n) is 2.49. The van der Waals surface area contributed by atoms with Crippen molar-refractivity contribution in [1.29, 1.82) is 0 Å². The summed E-state index contributed by atoms with van der Waals surface area (Å²) in [7, 11) is 1.60. The largest absolute Gasteiger partial charge is 0.488 e. The van der Waals surface area contributed by atoms with Crippen LogP contribution in [-0.4, -0.2) is 35.4 Å². The summed E-state index contributed by atoms with van der Waals surface area (Å²) in [6.45, 7) is 1.31. The van der Waals surface area contributed by atoms with Crippen molar-refractivity contribution < 1.29 is 14.3 Å². The van der Waals surface area contributed by atoms with Gasteiger partial charge in [-0.05, 0) is 29.8 Å². The van der Waals surface area contributed by atoms with Crippen LogP contribution in [0, 0.1) is 0 Å². The third-order valence-electron chi connectivity index (χ3n) is 3.91. The van der Waals surface area contributed by atoms with E-state index in [2.05, 4.69) is 0 Å². The smallest absolute Gasteiger partial charge is 0.266 e. The highest BCUT2D eigenvalue weighted by Gasteiger charge is 2.31. The van der Waals surface area contributed by atoms with E-state index in [4.69, 9.17) is 33.3 Å². The van der Waals surface area contributed by atoms with Gasteiger partial charge in [0.1, 0.15) is 16.7 Å². The first-order valence-corrected chi connectivity index (χ1v) is 9.89. The van der Waals surface area contributed by atoms with Gasteiger partial charge in [0.2, 0.25) is 0 Å². The Morgan fingerprint density at radius 3 is 2.67 bits per heavy atom. The van der Waals surface area contributed by atoms with E-state index in [0.717, 1.165) is 11.1 Å². The van der Waals surface area contributed by atoms with Crippen LogP contribution in [0.2, 0.25) is 5.02 Å². The minimum absolute atomic E-state index is 0.102. The van der Waals surface area contributed by atoms with Crippen LogP contribution in [0.5, 0.6) is 5.75 Å². The van der Waals surface area contributed by atoms with E-state index in [1.807, 2.05) is 54.6 Å². The van der Waals surface area contributed by atoms with Crippen molar-refractivity contribution in [3.63, 3.8) is 0 Å². The predicted octanol–water partition coefficient (Wildman–Crippen LogP) is 4.77. The lowest BCUT2D eigenvalue weighted by Crippen LogP contribution is -2.31. The molecule has 0 N–H and O–H groups in total. The van der Waals surface area contributed by atoms with E-state index >= 15 is 0 Å². The molecule has 0 unspecified atom stereocenters. The number of carbonyl (C=O) groups excluding carboxylic acids is 1. The molecule has 0 saturated carbocycles. The molecule has 4 nitrogen and oxygen atoms in total. The number of amides is 1. The quantitative estimate of drug-likeness (QED) is 0.477. The summed E-state index contributed by atoms with van der Waals surface area (Å²) in [5.41, 5.74) is 1.85. The number of methoxy groups -OCH3 is 1. The Kier molecular flexibility index (Phi) is 6.90. The van der Waals surface area contributed by atoms with Crippen LogP contribution in [0.1, 0.15) is 11.1 Å². The number of para-hydroxylation sites is 1. The van der Waals surface area contributed by atoms with Crippen LogP contribution in [0.25, 0.3) is 6.08 Å². The van der Waals surface area contributed by atoms with Crippen molar-refractivity contribution in [3.8, 4) is 5.75 Å². The maximum absolute atomic E-state index is 12.6. The van der Waals surface area contributed by atoms with Crippen LogP contribution < -0.4 is 4.74 Å². The van der Waals surface area contributed by atoms with E-state index in [-0.39, 0.29) is 5.91 Å². The minimum atomic E-state index is -0.102. The van der Waals surface area contributed by atoms with Gasteiger partial charge >= 0.3 is 0 Å². The van der Waals surface area contributed by atoms with Crippen LogP contribution >= 0.6 is 35.6 Å². The summed E-state index contributed by atoms with van der Waals surface area (Å²) in [6.07, 6.45) is 1.82. The molecular weight excluding hydrogens is 402 g/mol. The third kappa shape index (κ3) is 5.11. The van der Waals surface area contributed by atoms with Gasteiger partial charge in [-0.15, -0.1) is 0 Å². The second-order valence-corrected chi connectivity index (χ2v) is 7.89. The second kappa shape index (κ2) is 9.37. The second-order valence-electron chi connectivity index (χ2n) is 5.78. The number of thiocarbonyl (C=S) groups is 1. The summed E-state index contributed by atoms with van der Waals surface area (Å²) >= 11 is 12.5. The van der Waals surface area contributed by atoms with Crippen molar-refractivity contribution in [2.75, 3.05) is 20.3 Å². The van der Waals surface area contributed by atoms with Crippen molar-refractivity contribution in [1.82, 2.24) is 4.90 Å². The van der Waals surface area contributed by atoms with E-state index in [9.17, 15) is 4.79 Å². The molecule has 0 radical (unpaired) electrons. The molecular formula is C20H18ClNO3S2. The van der Waals surface area contributed by atoms with Gasteiger partial charge in [0, 0.05) is 17.7 Å². The number of hydrogen-bond donors (Lipinski definition) is 0. The van der Waals surface area contributed by atoms with E-state index in [1.165, 1.54) is 11.8 Å². The Bertz CT molecular complexity index is 868. The Morgan fingerprint density at radius 1 is 1.19 bits per heavy atom. The molecule has 0 atom stereocenters. The highest BCUT2D eigenvalue weighted by molar-refractivity contribution is 8.26. The van der Waals surface area contributed by atoms with Gasteiger partial charge in [0.15, 0.2) is 0 Å². The van der Waals surface area contributed by atoms with Gasteiger partial charge in [-0.25, -0.2) is 0 Å². The van der Waals surface area contributed by atoms with E-state index in [1.54, 1.807) is 12.0 Å². The predicted molar refractivity (Wildman–Crippen MR) is 114 cm³/mol. The molecule has 7 heteroatoms. The lowest BCUT2D eigenvalue weighted by molar-refractivity contribution is -0.122. The van der Waals surface area contributed by atoms with E-state index in [0.29, 0.717) is 39.8 Å². The molecule has 0 spiro atoms. The zero-order valence-corrected chi connectivity index (χ0v) is 17.1. The van der Waals surface area contributed by atoms with Crippen molar-refractivity contribution in [2.24, 2.45) is 0 Å². The van der Waals surface area contributed by atoms with Crippen LogP contribution in [0.3, 0.4) is 0 Å². The number of nitrogens with zero attached hydrogens (tertiary/aromatic N) is 1. The lowest BCUT2D eigenvalue weighted by Gasteiger charge is -2.13. The summed E-state index contributed by atoms with van der Waals surface area (Å²) in [5, 5.41) is 0.689. The van der Waals surface area contributed by atoms with Gasteiger partial charge < -0.3 is 9.47 Å². The number of halogens is 1. The first-order valence-electron chi connectivity index (χ1n) is 8.29. The van der Waals surface area contributed by atoms with E-state index < -0.39 is 0 Å². The topological polar surface area (TPSA) is 38.8 Å². The lowest BCUT2D eigenvalue weighted by atomic mass is 10.1. The summed E-state index contributed by atoms with van der Waals surface area (Å²) in [6, 6.07) is 15.1. The number of carbonyl (C=O) groups is 1. The molecule has 1 aliphatic heterocycles. The van der Waals surface area contributed by atoms with Crippen molar-refractivity contribution in [3.05, 3.63) is 69.6 Å². The van der Waals surface area contributed by atoms with Crippen molar-refractivity contribution >= 4 is 51.9 Å². The van der Waals surface area contributed by atoms with Crippen molar-refractivity contribution in [2.45, 2.75) is 6.61 Å². The Morgan fingerprint density at radius 2 is 1.93 bits per heavy atom. The Labute approximate surface area is 173 Å². The fourth-order valence-corrected chi connectivity index (χ4v) is 3.91. The zero-order valence-electron chi connectivity index (χ0n) is 14.7. The molecule has 140 valence electrons. The Balaban J connectivity index is 1.75. The molecule has 1 saturated heterocycles. The Hall–Kier alpha value is -1.86. The zero-order chi connectivity index (χ0) is 19.2. The molecule has 2 aromatic rings. The first kappa shape index (κ1) is 19.9. The molecule has 0 aromatic heterocycles. The van der Waals surface area contributed by atoms with Gasteiger partial charge in [-0.1, -0.05) is 65.9 Å². The summed E-state index contributed by atoms with van der Waals surface area (Å²) in [4.78, 5) is 14.7. The van der Waals surface area contributed by atoms with Crippen LogP contribution in [0.4, 0.5) is 0 Å². The first-order chi connectivity index (χ1) is 13.1. The van der Waals surface area contributed by atoms with Crippen LogP contribution in [0.15, 0.2) is 53.4 Å². The fraction of sp³-hybridized carbons (Fsp3) is 0.200. The maximum atomic E-state index is 12.6. The van der Waals surface area contributed by atoms with Gasteiger partial charge in [0.25, 0.3) is 5.91 Å². The minimum Gasteiger partial charge on any atom is -0.488 e. The highest BCUT2D eigenvalue weighted by atomic mass is 35.5. The maximum Gasteiger partial charge on any atom is 0.266 e. The van der Waals surface area contributed by atoms with Gasteiger partial charge in [-0.3, -0.25) is 9.69 Å². The molecule has 1 amide bonds.